The number of halogens is 6. The van der Waals surface area contributed by atoms with Crippen molar-refractivity contribution in [3.05, 3.63) is 226 Å². The number of fused-ring (bicyclic) bond motifs is 6. The Balaban J connectivity index is 1.23. The molecule has 0 aliphatic carbocycles. The molecule has 6 nitrogen and oxygen atoms in total. The summed E-state index contributed by atoms with van der Waals surface area (Å²) in [6, 6.07) is 51.6. The van der Waals surface area contributed by atoms with Crippen molar-refractivity contribution in [2.45, 2.75) is 131 Å². The molecule has 12 rings (SSSR count). The van der Waals surface area contributed by atoms with Gasteiger partial charge >= 0.3 is 12.4 Å². The Hall–Kier alpha value is -9.34. The van der Waals surface area contributed by atoms with E-state index in [1.54, 1.807) is 12.1 Å². The van der Waals surface area contributed by atoms with Crippen molar-refractivity contribution in [2.75, 3.05) is 0 Å². The van der Waals surface area contributed by atoms with E-state index in [-0.39, 0.29) is 21.7 Å². The van der Waals surface area contributed by atoms with Gasteiger partial charge in [0.2, 0.25) is 0 Å². The molecule has 0 N–H and O–H groups in total. The van der Waals surface area contributed by atoms with Gasteiger partial charge in [-0.15, -0.1) is 0 Å². The average molecular weight is 1210 g/mol. The van der Waals surface area contributed by atoms with Crippen LogP contribution in [-0.2, 0) is 34.0 Å². The van der Waals surface area contributed by atoms with Gasteiger partial charge in [0.05, 0.1) is 51.1 Å². The first kappa shape index (κ1) is 60.9. The molecule has 0 amide bonds. The number of nitrogens with zero attached hydrogens (tertiary/aromatic N) is 6. The van der Waals surface area contributed by atoms with E-state index in [2.05, 4.69) is 124 Å². The fourth-order valence-electron chi connectivity index (χ4n) is 12.1. The first-order valence-corrected chi connectivity index (χ1v) is 30.2. The largest absolute Gasteiger partial charge is 0.416 e. The lowest BCUT2D eigenvalue weighted by molar-refractivity contribution is -0.138. The second-order valence-corrected chi connectivity index (χ2v) is 28.2. The van der Waals surface area contributed by atoms with E-state index in [1.165, 1.54) is 24.3 Å². The molecule has 9 aromatic carbocycles. The van der Waals surface area contributed by atoms with Crippen molar-refractivity contribution in [1.29, 1.82) is 0 Å². The monoisotopic (exact) mass is 1200 g/mol. The molecule has 12 aromatic rings. The summed E-state index contributed by atoms with van der Waals surface area (Å²) in [5.41, 5.74) is 12.6. The van der Waals surface area contributed by atoms with Crippen molar-refractivity contribution < 1.29 is 26.3 Å². The zero-order valence-electron chi connectivity index (χ0n) is 53.1. The zero-order chi connectivity index (χ0) is 64.5. The number of benzene rings is 9. The SMILES string of the molecule is [C-]#[N+]c1ccc(-c2ccc(-c3cc(-c4nc(-c5cc(C(C)(C)C)cc(C(C)(C)C)c5)nc(-c5cc(C(C)(C)C)cc(C(C)(C)C)c5)n4)ccc3-n3c4ccc(C)cc4c4cc(C(F)(F)F)ccc43)c(-n3c4ccc(C)cc4c4cc(C(F)(F)F)ccc43)c2)cc1. The summed E-state index contributed by atoms with van der Waals surface area (Å²) in [5, 5.41) is 2.03. The lowest BCUT2D eigenvalue weighted by atomic mass is 9.79. The molecule has 0 bridgehead atoms. The van der Waals surface area contributed by atoms with E-state index in [9.17, 15) is 26.3 Å². The minimum Gasteiger partial charge on any atom is -0.309 e. The summed E-state index contributed by atoms with van der Waals surface area (Å²) in [4.78, 5) is 20.0. The molecule has 90 heavy (non-hydrogen) atoms. The summed E-state index contributed by atoms with van der Waals surface area (Å²) in [7, 11) is 0. The molecule has 0 radical (unpaired) electrons. The Bertz CT molecular complexity index is 4770. The molecule has 0 saturated heterocycles. The first-order valence-electron chi connectivity index (χ1n) is 30.2. The van der Waals surface area contributed by atoms with Crippen molar-refractivity contribution in [3.63, 3.8) is 0 Å². The molecular weight excluding hydrogens is 1130 g/mol. The standard InChI is InChI=1S/C78H70F6N6/c1-44-16-27-64-59(32-44)62-42-51(77(79,80)81)22-30-67(62)89(64)66-29-21-48(70-86-71(49-34-53(73(3,4)5)40-54(35-49)74(6,7)8)88-72(87-70)50-36-55(75(9,10)11)41-56(37-50)76(12,13)14)38-61(66)58-26-20-47(46-18-24-57(85-15)25-19-46)39-69(58)90-65-28-17-45(2)33-60(65)63-43-52(78(82,83)84)23-31-68(63)90/h16-43H,1-14H3. The van der Waals surface area contributed by atoms with Gasteiger partial charge in [-0.05, 0) is 178 Å². The molecule has 12 heteroatoms. The van der Waals surface area contributed by atoms with E-state index in [1.807, 2.05) is 108 Å². The smallest absolute Gasteiger partial charge is 0.309 e. The predicted octanol–water partition coefficient (Wildman–Crippen LogP) is 22.8. The third-order valence-corrected chi connectivity index (χ3v) is 17.3. The van der Waals surface area contributed by atoms with Crippen molar-refractivity contribution in [3.8, 4) is 67.8 Å². The van der Waals surface area contributed by atoms with Gasteiger partial charge in [0.25, 0.3) is 0 Å². The van der Waals surface area contributed by atoms with Crippen LogP contribution in [0.5, 0.6) is 0 Å². The van der Waals surface area contributed by atoms with Crippen LogP contribution in [0.15, 0.2) is 170 Å². The zero-order valence-corrected chi connectivity index (χ0v) is 53.1. The lowest BCUT2D eigenvalue weighted by Gasteiger charge is -2.26. The van der Waals surface area contributed by atoms with Gasteiger partial charge < -0.3 is 9.13 Å². The molecule has 0 aliphatic rings. The number of hydrogen-bond donors (Lipinski definition) is 0. The van der Waals surface area contributed by atoms with E-state index in [4.69, 9.17) is 21.5 Å². The number of rotatable bonds is 7. The summed E-state index contributed by atoms with van der Waals surface area (Å²) in [5.74, 6) is 1.28. The van der Waals surface area contributed by atoms with Crippen LogP contribution in [0.1, 0.15) is 128 Å². The van der Waals surface area contributed by atoms with Crippen LogP contribution >= 0.6 is 0 Å². The maximum atomic E-state index is 14.8. The molecule has 0 unspecified atom stereocenters. The van der Waals surface area contributed by atoms with Gasteiger partial charge in [-0.2, -0.15) is 26.3 Å². The fourth-order valence-corrected chi connectivity index (χ4v) is 12.1. The van der Waals surface area contributed by atoms with E-state index in [0.717, 1.165) is 67.8 Å². The van der Waals surface area contributed by atoms with E-state index >= 15 is 0 Å². The second-order valence-electron chi connectivity index (χ2n) is 28.2. The van der Waals surface area contributed by atoms with E-state index in [0.29, 0.717) is 94.8 Å². The van der Waals surface area contributed by atoms with Crippen molar-refractivity contribution in [1.82, 2.24) is 24.1 Å². The van der Waals surface area contributed by atoms with Gasteiger partial charge in [-0.1, -0.05) is 155 Å². The molecule has 0 spiro atoms. The average Bonchev–Trinajstić information content (AvgIpc) is 1.55. The van der Waals surface area contributed by atoms with Gasteiger partial charge in [0.1, 0.15) is 0 Å². The highest BCUT2D eigenvalue weighted by Crippen LogP contribution is 2.47. The van der Waals surface area contributed by atoms with Crippen LogP contribution in [0.3, 0.4) is 0 Å². The highest BCUT2D eigenvalue weighted by atomic mass is 19.4. The highest BCUT2D eigenvalue weighted by molar-refractivity contribution is 6.12. The van der Waals surface area contributed by atoms with Crippen LogP contribution in [-0.4, -0.2) is 24.1 Å². The molecule has 0 atom stereocenters. The third-order valence-electron chi connectivity index (χ3n) is 17.3. The van der Waals surface area contributed by atoms with Gasteiger partial charge in [0.15, 0.2) is 23.2 Å². The highest BCUT2D eigenvalue weighted by Gasteiger charge is 2.34. The predicted molar refractivity (Wildman–Crippen MR) is 356 cm³/mol. The summed E-state index contributed by atoms with van der Waals surface area (Å²) >= 11 is 0. The Labute approximate surface area is 521 Å². The van der Waals surface area contributed by atoms with Crippen LogP contribution in [0.4, 0.5) is 32.0 Å². The Morgan fingerprint density at radius 2 is 0.689 bits per heavy atom. The van der Waals surface area contributed by atoms with E-state index < -0.39 is 23.5 Å². The number of aryl methyl sites for hydroxylation is 2. The lowest BCUT2D eigenvalue weighted by Crippen LogP contribution is -2.17. The maximum absolute atomic E-state index is 14.8. The quantitative estimate of drug-likeness (QED) is 0.118. The normalized spacial score (nSPS) is 12.9. The molecule has 3 heterocycles. The molecule has 0 aliphatic heterocycles. The molecular formula is C78H70F6N6. The molecule has 0 saturated carbocycles. The van der Waals surface area contributed by atoms with Gasteiger partial charge in [-0.25, -0.2) is 19.8 Å². The molecule has 3 aromatic heterocycles. The summed E-state index contributed by atoms with van der Waals surface area (Å²) in [6.45, 7) is 37.8. The number of aromatic nitrogens is 5. The van der Waals surface area contributed by atoms with Crippen molar-refractivity contribution in [2.24, 2.45) is 0 Å². The number of alkyl halides is 6. The Morgan fingerprint density at radius 3 is 1.09 bits per heavy atom. The van der Waals surface area contributed by atoms with Crippen LogP contribution in [0.2, 0.25) is 0 Å². The second kappa shape index (κ2) is 21.4. The molecule has 454 valence electrons. The fraction of sp³-hybridized carbons (Fsp3) is 0.256. The summed E-state index contributed by atoms with van der Waals surface area (Å²) in [6.07, 6.45) is -9.25. The van der Waals surface area contributed by atoms with Crippen LogP contribution in [0, 0.1) is 20.4 Å². The minimum absolute atomic E-state index is 0.244. The minimum atomic E-state index is -4.63. The third kappa shape index (κ3) is 11.3. The Kier molecular flexibility index (Phi) is 14.5. The topological polar surface area (TPSA) is 52.9 Å². The molecule has 0 fully saturated rings. The maximum Gasteiger partial charge on any atom is 0.416 e. The van der Waals surface area contributed by atoms with Gasteiger partial charge in [0, 0.05) is 49.4 Å². The number of hydrogen-bond acceptors (Lipinski definition) is 3. The van der Waals surface area contributed by atoms with Crippen LogP contribution in [0.25, 0.3) is 116 Å². The van der Waals surface area contributed by atoms with Crippen molar-refractivity contribution >= 4 is 49.3 Å². The van der Waals surface area contributed by atoms with Crippen LogP contribution < -0.4 is 0 Å². The summed E-state index contributed by atoms with van der Waals surface area (Å²) < 4.78 is 92.7. The van der Waals surface area contributed by atoms with Gasteiger partial charge in [-0.3, -0.25) is 0 Å². The first-order chi connectivity index (χ1) is 42.1. The Morgan fingerprint density at radius 1 is 0.322 bits per heavy atom.